The fourth-order valence-corrected chi connectivity index (χ4v) is 2.45. The number of hydrogen-bond acceptors (Lipinski definition) is 3. The van der Waals surface area contributed by atoms with Crippen molar-refractivity contribution < 1.29 is 0 Å². The highest BCUT2D eigenvalue weighted by molar-refractivity contribution is 5.37. The molecule has 1 saturated heterocycles. The molecule has 94 valence electrons. The third kappa shape index (κ3) is 3.70. The molecule has 1 fully saturated rings. The van der Waals surface area contributed by atoms with E-state index in [9.17, 15) is 0 Å². The Kier molecular flexibility index (Phi) is 3.67. The Morgan fingerprint density at radius 2 is 2.18 bits per heavy atom. The van der Waals surface area contributed by atoms with Crippen molar-refractivity contribution in [2.45, 2.75) is 39.7 Å². The van der Waals surface area contributed by atoms with E-state index in [1.54, 1.807) is 6.20 Å². The van der Waals surface area contributed by atoms with Gasteiger partial charge in [-0.05, 0) is 49.9 Å². The second-order valence-electron chi connectivity index (χ2n) is 5.87. The monoisotopic (exact) mass is 233 g/mol. The highest BCUT2D eigenvalue weighted by Gasteiger charge is 2.22. The zero-order chi connectivity index (χ0) is 12.3. The number of aromatic nitrogens is 1. The molecule has 0 radical (unpaired) electrons. The first-order chi connectivity index (χ1) is 8.05. The van der Waals surface area contributed by atoms with Crippen LogP contribution in [0.15, 0.2) is 18.3 Å². The average molecular weight is 233 g/mol. The first kappa shape index (κ1) is 12.4. The number of rotatable bonds is 2. The van der Waals surface area contributed by atoms with Gasteiger partial charge in [0, 0.05) is 18.4 Å². The van der Waals surface area contributed by atoms with Crippen LogP contribution >= 0.6 is 0 Å². The molecule has 0 aromatic carbocycles. The van der Waals surface area contributed by atoms with E-state index in [-0.39, 0.29) is 0 Å². The predicted molar refractivity (Wildman–Crippen MR) is 71.6 cm³/mol. The normalized spacial score (nSPS) is 21.1. The van der Waals surface area contributed by atoms with E-state index in [1.165, 1.54) is 32.4 Å². The van der Waals surface area contributed by atoms with Crippen LogP contribution in [-0.2, 0) is 6.54 Å². The van der Waals surface area contributed by atoms with Crippen molar-refractivity contribution in [1.29, 1.82) is 0 Å². The van der Waals surface area contributed by atoms with Gasteiger partial charge in [-0.1, -0.05) is 13.8 Å². The fraction of sp³-hybridized carbons (Fsp3) is 0.643. The molecule has 3 nitrogen and oxygen atoms in total. The van der Waals surface area contributed by atoms with Gasteiger partial charge in [-0.3, -0.25) is 9.88 Å². The van der Waals surface area contributed by atoms with E-state index in [0.29, 0.717) is 5.41 Å². The van der Waals surface area contributed by atoms with E-state index in [2.05, 4.69) is 23.7 Å². The minimum Gasteiger partial charge on any atom is -0.399 e. The SMILES string of the molecule is CC1(C)CCCN(Cc2cc(N)ccn2)CC1. The Hall–Kier alpha value is -1.09. The van der Waals surface area contributed by atoms with Crippen molar-refractivity contribution >= 4 is 5.69 Å². The number of anilines is 1. The molecule has 2 rings (SSSR count). The smallest absolute Gasteiger partial charge is 0.0564 e. The molecule has 2 N–H and O–H groups in total. The standard InChI is InChI=1S/C14H23N3/c1-14(2)5-3-8-17(9-6-14)11-13-10-12(15)4-7-16-13/h4,7,10H,3,5-6,8-9,11H2,1-2H3,(H2,15,16). The molecule has 0 atom stereocenters. The van der Waals surface area contributed by atoms with Crippen molar-refractivity contribution in [2.75, 3.05) is 18.8 Å². The van der Waals surface area contributed by atoms with E-state index >= 15 is 0 Å². The maximum Gasteiger partial charge on any atom is 0.0564 e. The maximum atomic E-state index is 5.78. The van der Waals surface area contributed by atoms with Gasteiger partial charge in [0.2, 0.25) is 0 Å². The molecule has 1 aliphatic rings. The Bertz CT molecular complexity index is 373. The van der Waals surface area contributed by atoms with Crippen LogP contribution in [0.3, 0.4) is 0 Å². The minimum atomic E-state index is 0.498. The maximum absolute atomic E-state index is 5.78. The summed E-state index contributed by atoms with van der Waals surface area (Å²) >= 11 is 0. The highest BCUT2D eigenvalue weighted by Crippen LogP contribution is 2.30. The molecule has 3 heteroatoms. The number of hydrogen-bond donors (Lipinski definition) is 1. The molecule has 0 saturated carbocycles. The first-order valence-electron chi connectivity index (χ1n) is 6.48. The van der Waals surface area contributed by atoms with E-state index < -0.39 is 0 Å². The molecular formula is C14H23N3. The lowest BCUT2D eigenvalue weighted by Gasteiger charge is -2.23. The Morgan fingerprint density at radius 1 is 1.35 bits per heavy atom. The number of nitrogens with zero attached hydrogens (tertiary/aromatic N) is 2. The number of likely N-dealkylation sites (tertiary alicyclic amines) is 1. The van der Waals surface area contributed by atoms with E-state index in [0.717, 1.165) is 17.9 Å². The largest absolute Gasteiger partial charge is 0.399 e. The van der Waals surface area contributed by atoms with Gasteiger partial charge in [0.05, 0.1) is 5.69 Å². The van der Waals surface area contributed by atoms with Crippen molar-refractivity contribution in [2.24, 2.45) is 5.41 Å². The quantitative estimate of drug-likeness (QED) is 0.854. The van der Waals surface area contributed by atoms with Crippen LogP contribution in [0.4, 0.5) is 5.69 Å². The van der Waals surface area contributed by atoms with Crippen molar-refractivity contribution in [3.8, 4) is 0 Å². The molecule has 0 aliphatic carbocycles. The lowest BCUT2D eigenvalue weighted by atomic mass is 9.85. The highest BCUT2D eigenvalue weighted by atomic mass is 15.1. The summed E-state index contributed by atoms with van der Waals surface area (Å²) in [5.41, 5.74) is 8.18. The molecule has 1 aromatic heterocycles. The molecule has 2 heterocycles. The van der Waals surface area contributed by atoms with Crippen LogP contribution in [0, 0.1) is 5.41 Å². The number of nitrogen functional groups attached to an aromatic ring is 1. The van der Waals surface area contributed by atoms with Gasteiger partial charge >= 0.3 is 0 Å². The zero-order valence-electron chi connectivity index (χ0n) is 10.9. The summed E-state index contributed by atoms with van der Waals surface area (Å²) < 4.78 is 0. The van der Waals surface area contributed by atoms with Gasteiger partial charge in [0.25, 0.3) is 0 Å². The first-order valence-corrected chi connectivity index (χ1v) is 6.48. The Morgan fingerprint density at radius 3 is 2.94 bits per heavy atom. The van der Waals surface area contributed by atoms with Gasteiger partial charge in [0.1, 0.15) is 0 Å². The summed E-state index contributed by atoms with van der Waals surface area (Å²) in [4.78, 5) is 6.88. The van der Waals surface area contributed by atoms with Crippen molar-refractivity contribution in [3.63, 3.8) is 0 Å². The minimum absolute atomic E-state index is 0.498. The molecule has 0 amide bonds. The fourth-order valence-electron chi connectivity index (χ4n) is 2.45. The van der Waals surface area contributed by atoms with Crippen molar-refractivity contribution in [1.82, 2.24) is 9.88 Å². The topological polar surface area (TPSA) is 42.1 Å². The van der Waals surface area contributed by atoms with Gasteiger partial charge in [0.15, 0.2) is 0 Å². The molecule has 0 spiro atoms. The molecule has 1 aliphatic heterocycles. The van der Waals surface area contributed by atoms with Gasteiger partial charge in [-0.25, -0.2) is 0 Å². The predicted octanol–water partition coefficient (Wildman–Crippen LogP) is 2.68. The second-order valence-corrected chi connectivity index (χ2v) is 5.87. The molecule has 0 bridgehead atoms. The van der Waals surface area contributed by atoms with Crippen LogP contribution < -0.4 is 5.73 Å². The Labute approximate surface area is 104 Å². The number of pyridine rings is 1. The van der Waals surface area contributed by atoms with Crippen molar-refractivity contribution in [3.05, 3.63) is 24.0 Å². The summed E-state index contributed by atoms with van der Waals surface area (Å²) in [6, 6.07) is 3.82. The third-order valence-electron chi connectivity index (χ3n) is 3.66. The van der Waals surface area contributed by atoms with E-state index in [4.69, 9.17) is 5.73 Å². The van der Waals surface area contributed by atoms with Gasteiger partial charge in [-0.2, -0.15) is 0 Å². The lowest BCUT2D eigenvalue weighted by molar-refractivity contribution is 0.253. The molecule has 1 aromatic rings. The second kappa shape index (κ2) is 5.05. The lowest BCUT2D eigenvalue weighted by Crippen LogP contribution is -2.25. The van der Waals surface area contributed by atoms with Crippen LogP contribution in [-0.4, -0.2) is 23.0 Å². The van der Waals surface area contributed by atoms with E-state index in [1.807, 2.05) is 12.1 Å². The molecule has 0 unspecified atom stereocenters. The third-order valence-corrected chi connectivity index (χ3v) is 3.66. The van der Waals surface area contributed by atoms with Crippen LogP contribution in [0.25, 0.3) is 0 Å². The summed E-state index contributed by atoms with van der Waals surface area (Å²) in [5, 5.41) is 0. The summed E-state index contributed by atoms with van der Waals surface area (Å²) in [5.74, 6) is 0. The van der Waals surface area contributed by atoms with Gasteiger partial charge < -0.3 is 5.73 Å². The van der Waals surface area contributed by atoms with Crippen LogP contribution in [0.2, 0.25) is 0 Å². The van der Waals surface area contributed by atoms with Crippen LogP contribution in [0.1, 0.15) is 38.8 Å². The zero-order valence-corrected chi connectivity index (χ0v) is 10.9. The van der Waals surface area contributed by atoms with Crippen LogP contribution in [0.5, 0.6) is 0 Å². The molecular weight excluding hydrogens is 210 g/mol. The summed E-state index contributed by atoms with van der Waals surface area (Å²) in [7, 11) is 0. The molecule has 17 heavy (non-hydrogen) atoms. The number of nitrogens with two attached hydrogens (primary N) is 1. The Balaban J connectivity index is 1.95. The van der Waals surface area contributed by atoms with Gasteiger partial charge in [-0.15, -0.1) is 0 Å². The average Bonchev–Trinajstić information content (AvgIpc) is 2.41. The summed E-state index contributed by atoms with van der Waals surface area (Å²) in [6.07, 6.45) is 5.69. The summed E-state index contributed by atoms with van der Waals surface area (Å²) in [6.45, 7) is 8.02.